The molecule has 0 aromatic heterocycles. The summed E-state index contributed by atoms with van der Waals surface area (Å²) in [7, 11) is 0. The SMILES string of the molecule is CC(=C(F)C(=O)NC(C)(C)C(O)C(F)(F)F)C1CC1. The molecule has 0 aliphatic heterocycles. The van der Waals surface area contributed by atoms with Crippen LogP contribution in [0.15, 0.2) is 11.4 Å². The lowest BCUT2D eigenvalue weighted by atomic mass is 9.96. The summed E-state index contributed by atoms with van der Waals surface area (Å²) >= 11 is 0. The minimum atomic E-state index is -4.89. The second-order valence-electron chi connectivity index (χ2n) is 5.39. The molecular formula is C12H17F4NO2. The van der Waals surface area contributed by atoms with Gasteiger partial charge in [0.25, 0.3) is 5.91 Å². The first-order valence-electron chi connectivity index (χ1n) is 5.90. The van der Waals surface area contributed by atoms with E-state index in [-0.39, 0.29) is 11.5 Å². The summed E-state index contributed by atoms with van der Waals surface area (Å²) in [6.45, 7) is 3.42. The van der Waals surface area contributed by atoms with Crippen molar-refractivity contribution in [2.45, 2.75) is 51.4 Å². The van der Waals surface area contributed by atoms with Crippen molar-refractivity contribution in [2.24, 2.45) is 5.92 Å². The molecule has 0 saturated heterocycles. The fourth-order valence-corrected chi connectivity index (χ4v) is 1.70. The number of halogens is 4. The van der Waals surface area contributed by atoms with Crippen LogP contribution in [0.1, 0.15) is 33.6 Å². The Morgan fingerprint density at radius 3 is 2.16 bits per heavy atom. The molecule has 3 nitrogen and oxygen atoms in total. The van der Waals surface area contributed by atoms with Crippen molar-refractivity contribution in [3.63, 3.8) is 0 Å². The first-order chi connectivity index (χ1) is 8.47. The van der Waals surface area contributed by atoms with E-state index in [0.29, 0.717) is 0 Å². The molecule has 0 bridgehead atoms. The van der Waals surface area contributed by atoms with Crippen LogP contribution in [0.3, 0.4) is 0 Å². The van der Waals surface area contributed by atoms with E-state index in [1.165, 1.54) is 6.92 Å². The number of aliphatic hydroxyl groups is 1. The molecule has 1 aliphatic carbocycles. The highest BCUT2D eigenvalue weighted by atomic mass is 19.4. The van der Waals surface area contributed by atoms with Crippen molar-refractivity contribution in [3.8, 4) is 0 Å². The minimum Gasteiger partial charge on any atom is -0.382 e. The molecule has 1 aliphatic rings. The van der Waals surface area contributed by atoms with E-state index >= 15 is 0 Å². The first-order valence-corrected chi connectivity index (χ1v) is 5.90. The highest BCUT2D eigenvalue weighted by Crippen LogP contribution is 2.38. The highest BCUT2D eigenvalue weighted by Gasteiger charge is 2.49. The second-order valence-corrected chi connectivity index (χ2v) is 5.39. The molecule has 1 amide bonds. The molecule has 1 unspecified atom stereocenters. The number of nitrogens with one attached hydrogen (secondary N) is 1. The van der Waals surface area contributed by atoms with Crippen molar-refractivity contribution < 1.29 is 27.5 Å². The summed E-state index contributed by atoms with van der Waals surface area (Å²) in [5, 5.41) is 11.0. The van der Waals surface area contributed by atoms with Gasteiger partial charge in [-0.25, -0.2) is 4.39 Å². The fraction of sp³-hybridized carbons (Fsp3) is 0.750. The van der Waals surface area contributed by atoms with E-state index in [2.05, 4.69) is 0 Å². The molecular weight excluding hydrogens is 266 g/mol. The van der Waals surface area contributed by atoms with Crippen LogP contribution in [0, 0.1) is 5.92 Å². The third-order valence-electron chi connectivity index (χ3n) is 3.16. The number of alkyl halides is 3. The number of aliphatic hydroxyl groups excluding tert-OH is 1. The van der Waals surface area contributed by atoms with Crippen LogP contribution in [0.2, 0.25) is 0 Å². The summed E-state index contributed by atoms with van der Waals surface area (Å²) in [4.78, 5) is 11.5. The quantitative estimate of drug-likeness (QED) is 0.615. The fourth-order valence-electron chi connectivity index (χ4n) is 1.70. The van der Waals surface area contributed by atoms with Gasteiger partial charge in [-0.3, -0.25) is 4.79 Å². The van der Waals surface area contributed by atoms with E-state index in [1.54, 1.807) is 0 Å². The maximum Gasteiger partial charge on any atom is 0.416 e. The Bertz CT molecular complexity index is 397. The van der Waals surface area contributed by atoms with Crippen molar-refractivity contribution in [3.05, 3.63) is 11.4 Å². The number of amides is 1. The molecule has 110 valence electrons. The van der Waals surface area contributed by atoms with Crippen LogP contribution in [-0.2, 0) is 4.79 Å². The minimum absolute atomic E-state index is 0.00130. The van der Waals surface area contributed by atoms with Gasteiger partial charge in [-0.15, -0.1) is 0 Å². The smallest absolute Gasteiger partial charge is 0.382 e. The molecule has 1 atom stereocenters. The van der Waals surface area contributed by atoms with Crippen molar-refractivity contribution in [2.75, 3.05) is 0 Å². The number of hydrogen-bond acceptors (Lipinski definition) is 2. The average molecular weight is 283 g/mol. The third-order valence-corrected chi connectivity index (χ3v) is 3.16. The summed E-state index contributed by atoms with van der Waals surface area (Å²) in [6.07, 6.45) is -6.09. The topological polar surface area (TPSA) is 49.3 Å². The predicted octanol–water partition coefficient (Wildman–Crippen LogP) is 2.46. The Morgan fingerprint density at radius 1 is 1.32 bits per heavy atom. The van der Waals surface area contributed by atoms with Gasteiger partial charge in [0.2, 0.25) is 0 Å². The summed E-state index contributed by atoms with van der Waals surface area (Å²) in [6, 6.07) is 0. The number of hydrogen-bond donors (Lipinski definition) is 2. The maximum absolute atomic E-state index is 13.7. The first kappa shape index (κ1) is 15.9. The molecule has 0 radical (unpaired) electrons. The van der Waals surface area contributed by atoms with E-state index in [4.69, 9.17) is 5.11 Å². The van der Waals surface area contributed by atoms with Crippen molar-refractivity contribution in [1.29, 1.82) is 0 Å². The van der Waals surface area contributed by atoms with E-state index in [9.17, 15) is 22.4 Å². The standard InChI is InChI=1S/C12H17F4NO2/c1-6(7-4-5-7)8(13)9(18)17-11(2,3)10(19)12(14,15)16/h7,10,19H,4-5H2,1-3H3,(H,17,18). The lowest BCUT2D eigenvalue weighted by Crippen LogP contribution is -2.57. The second kappa shape index (κ2) is 5.11. The number of carbonyl (C=O) groups excluding carboxylic acids is 1. The zero-order chi connectivity index (χ0) is 15.0. The Balaban J connectivity index is 2.78. The molecule has 1 saturated carbocycles. The van der Waals surface area contributed by atoms with Crippen LogP contribution in [0.4, 0.5) is 17.6 Å². The van der Waals surface area contributed by atoms with E-state index < -0.39 is 29.6 Å². The van der Waals surface area contributed by atoms with Crippen molar-refractivity contribution in [1.82, 2.24) is 5.32 Å². The normalized spacial score (nSPS) is 19.8. The van der Waals surface area contributed by atoms with Gasteiger partial charge in [-0.05, 0) is 45.1 Å². The summed E-state index contributed by atoms with van der Waals surface area (Å²) in [5.41, 5.74) is -1.76. The zero-order valence-electron chi connectivity index (χ0n) is 10.9. The van der Waals surface area contributed by atoms with Gasteiger partial charge in [0, 0.05) is 0 Å². The third kappa shape index (κ3) is 3.92. The zero-order valence-corrected chi connectivity index (χ0v) is 10.9. The molecule has 0 spiro atoms. The van der Waals surface area contributed by atoms with Gasteiger partial charge in [0.15, 0.2) is 11.9 Å². The predicted molar refractivity (Wildman–Crippen MR) is 60.8 cm³/mol. The lowest BCUT2D eigenvalue weighted by Gasteiger charge is -2.32. The largest absolute Gasteiger partial charge is 0.416 e. The number of allylic oxidation sites excluding steroid dienone is 1. The van der Waals surface area contributed by atoms with Crippen LogP contribution in [0.5, 0.6) is 0 Å². The van der Waals surface area contributed by atoms with Crippen LogP contribution in [0.25, 0.3) is 0 Å². The van der Waals surface area contributed by atoms with E-state index in [0.717, 1.165) is 26.7 Å². The summed E-state index contributed by atoms with van der Waals surface area (Å²) < 4.78 is 50.8. The van der Waals surface area contributed by atoms with Gasteiger partial charge in [0.05, 0.1) is 5.54 Å². The van der Waals surface area contributed by atoms with Gasteiger partial charge in [-0.1, -0.05) is 0 Å². The molecule has 0 aromatic carbocycles. The summed E-state index contributed by atoms with van der Waals surface area (Å²) in [5.74, 6) is -2.29. The van der Waals surface area contributed by atoms with Gasteiger partial charge >= 0.3 is 6.18 Å². The van der Waals surface area contributed by atoms with Crippen LogP contribution < -0.4 is 5.32 Å². The molecule has 0 heterocycles. The molecule has 1 rings (SSSR count). The lowest BCUT2D eigenvalue weighted by molar-refractivity contribution is -0.223. The number of rotatable bonds is 4. The molecule has 19 heavy (non-hydrogen) atoms. The monoisotopic (exact) mass is 283 g/mol. The molecule has 7 heteroatoms. The van der Waals surface area contributed by atoms with Gasteiger partial charge in [0.1, 0.15) is 0 Å². The number of carbonyl (C=O) groups is 1. The Hall–Kier alpha value is -1.11. The molecule has 1 fully saturated rings. The van der Waals surface area contributed by atoms with Gasteiger partial charge < -0.3 is 10.4 Å². The Kier molecular flexibility index (Phi) is 4.29. The average Bonchev–Trinajstić information content (AvgIpc) is 3.07. The van der Waals surface area contributed by atoms with Gasteiger partial charge in [-0.2, -0.15) is 13.2 Å². The highest BCUT2D eigenvalue weighted by molar-refractivity contribution is 5.92. The van der Waals surface area contributed by atoms with Crippen LogP contribution in [-0.4, -0.2) is 28.8 Å². The Labute approximate surface area is 108 Å². The molecule has 0 aromatic rings. The van der Waals surface area contributed by atoms with Crippen molar-refractivity contribution >= 4 is 5.91 Å². The Morgan fingerprint density at radius 2 is 1.79 bits per heavy atom. The molecule has 2 N–H and O–H groups in total. The van der Waals surface area contributed by atoms with Crippen LogP contribution >= 0.6 is 0 Å². The maximum atomic E-state index is 13.7. The van der Waals surface area contributed by atoms with E-state index in [1.807, 2.05) is 5.32 Å².